The molecule has 1 aliphatic heterocycles. The first kappa shape index (κ1) is 17.6. The lowest BCUT2D eigenvalue weighted by atomic mass is 9.96. The lowest BCUT2D eigenvalue weighted by molar-refractivity contribution is 0.453. The molecule has 0 saturated carbocycles. The van der Waals surface area contributed by atoms with Crippen molar-refractivity contribution >= 4 is 17.0 Å². The van der Waals surface area contributed by atoms with Crippen LogP contribution in [0.15, 0.2) is 60.8 Å². The molecule has 0 radical (unpaired) electrons. The molecule has 0 atom stereocenters. The highest BCUT2D eigenvalue weighted by molar-refractivity contribution is 5.74. The van der Waals surface area contributed by atoms with Crippen LogP contribution < -0.4 is 9.64 Å². The molecule has 5 rings (SSSR count). The number of anilines is 1. The molecule has 1 fully saturated rings. The van der Waals surface area contributed by atoms with Crippen molar-refractivity contribution in [3.05, 3.63) is 72.4 Å². The van der Waals surface area contributed by atoms with Gasteiger partial charge in [0.1, 0.15) is 17.4 Å². The molecule has 1 N–H and O–H groups in total. The molecule has 146 valence electrons. The van der Waals surface area contributed by atoms with Crippen LogP contribution in [0, 0.1) is 5.82 Å². The Morgan fingerprint density at radius 3 is 2.55 bits per heavy atom. The van der Waals surface area contributed by atoms with Crippen LogP contribution in [0.4, 0.5) is 10.3 Å². The number of imidazole rings is 1. The van der Waals surface area contributed by atoms with Crippen LogP contribution in [-0.2, 0) is 0 Å². The number of fused-ring (bicyclic) bond motifs is 1. The molecule has 6 nitrogen and oxygen atoms in total. The van der Waals surface area contributed by atoms with E-state index in [2.05, 4.69) is 25.9 Å². The van der Waals surface area contributed by atoms with Crippen LogP contribution in [0.2, 0.25) is 0 Å². The zero-order valence-corrected chi connectivity index (χ0v) is 15.8. The maximum absolute atomic E-state index is 13.1. The highest BCUT2D eigenvalue weighted by Crippen LogP contribution is 2.30. The summed E-state index contributed by atoms with van der Waals surface area (Å²) < 4.78 is 18.8. The molecule has 1 aliphatic rings. The number of aromatic amines is 1. The zero-order valence-electron chi connectivity index (χ0n) is 15.8. The van der Waals surface area contributed by atoms with Gasteiger partial charge >= 0.3 is 0 Å². The normalized spacial score (nSPS) is 15.0. The smallest absolute Gasteiger partial charge is 0.228 e. The van der Waals surface area contributed by atoms with Crippen molar-refractivity contribution in [2.75, 3.05) is 18.0 Å². The Morgan fingerprint density at radius 1 is 0.966 bits per heavy atom. The molecule has 0 bridgehead atoms. The number of hydrogen-bond acceptors (Lipinski definition) is 5. The van der Waals surface area contributed by atoms with Gasteiger partial charge in [0.15, 0.2) is 0 Å². The quantitative estimate of drug-likeness (QED) is 0.549. The van der Waals surface area contributed by atoms with Crippen LogP contribution in [-0.4, -0.2) is 33.0 Å². The van der Waals surface area contributed by atoms with Gasteiger partial charge in [-0.15, -0.1) is 0 Å². The van der Waals surface area contributed by atoms with Gasteiger partial charge in [-0.1, -0.05) is 12.1 Å². The third kappa shape index (κ3) is 3.76. The average Bonchev–Trinajstić information content (AvgIpc) is 3.20. The summed E-state index contributed by atoms with van der Waals surface area (Å²) in [6.45, 7) is 1.70. The summed E-state index contributed by atoms with van der Waals surface area (Å²) in [6, 6.07) is 15.7. The number of benzene rings is 2. The standard InChI is InChI=1S/C22H20FN5O/c23-16-5-7-17(8-6-16)29-20-9-12-24-22(27-20)28-13-10-15(11-14-28)21-25-18-3-1-2-4-19(18)26-21/h1-9,12,15H,10-11,13-14H2,(H,25,26). The van der Waals surface area contributed by atoms with Gasteiger partial charge in [-0.3, -0.25) is 0 Å². The van der Waals surface area contributed by atoms with E-state index in [1.165, 1.54) is 12.1 Å². The monoisotopic (exact) mass is 389 g/mol. The molecule has 29 heavy (non-hydrogen) atoms. The fraction of sp³-hybridized carbons (Fsp3) is 0.227. The van der Waals surface area contributed by atoms with Gasteiger partial charge in [-0.25, -0.2) is 14.4 Å². The molecule has 7 heteroatoms. The number of aromatic nitrogens is 4. The van der Waals surface area contributed by atoms with Crippen LogP contribution >= 0.6 is 0 Å². The minimum absolute atomic E-state index is 0.298. The second-order valence-electron chi connectivity index (χ2n) is 7.15. The number of piperidine rings is 1. The largest absolute Gasteiger partial charge is 0.439 e. The summed E-state index contributed by atoms with van der Waals surface area (Å²) in [4.78, 5) is 19.3. The Bertz CT molecular complexity index is 1090. The predicted octanol–water partition coefficient (Wildman–Crippen LogP) is 4.67. The highest BCUT2D eigenvalue weighted by atomic mass is 19.1. The summed E-state index contributed by atoms with van der Waals surface area (Å²) in [5, 5.41) is 0. The van der Waals surface area contributed by atoms with E-state index in [-0.39, 0.29) is 5.82 Å². The van der Waals surface area contributed by atoms with Crippen LogP contribution in [0.3, 0.4) is 0 Å². The van der Waals surface area contributed by atoms with E-state index in [0.717, 1.165) is 42.8 Å². The topological polar surface area (TPSA) is 66.9 Å². The van der Waals surface area contributed by atoms with Crippen molar-refractivity contribution < 1.29 is 9.13 Å². The predicted molar refractivity (Wildman–Crippen MR) is 109 cm³/mol. The van der Waals surface area contributed by atoms with E-state index in [9.17, 15) is 4.39 Å². The lowest BCUT2D eigenvalue weighted by Gasteiger charge is -2.31. The summed E-state index contributed by atoms with van der Waals surface area (Å²) in [5.41, 5.74) is 2.10. The first-order valence-electron chi connectivity index (χ1n) is 9.71. The Balaban J connectivity index is 1.26. The minimum Gasteiger partial charge on any atom is -0.439 e. The van der Waals surface area contributed by atoms with Crippen molar-refractivity contribution in [2.24, 2.45) is 0 Å². The fourth-order valence-electron chi connectivity index (χ4n) is 3.68. The lowest BCUT2D eigenvalue weighted by Crippen LogP contribution is -2.34. The first-order chi connectivity index (χ1) is 14.2. The maximum atomic E-state index is 13.1. The third-order valence-corrected chi connectivity index (χ3v) is 5.23. The molecule has 0 aliphatic carbocycles. The number of para-hydroxylation sites is 2. The molecule has 0 unspecified atom stereocenters. The Kier molecular flexibility index (Phi) is 4.56. The van der Waals surface area contributed by atoms with Gasteiger partial charge in [0, 0.05) is 31.3 Å². The highest BCUT2D eigenvalue weighted by Gasteiger charge is 2.24. The van der Waals surface area contributed by atoms with Gasteiger partial charge in [0.2, 0.25) is 11.8 Å². The Morgan fingerprint density at radius 2 is 1.76 bits per heavy atom. The van der Waals surface area contributed by atoms with Crippen molar-refractivity contribution in [2.45, 2.75) is 18.8 Å². The van der Waals surface area contributed by atoms with Gasteiger partial charge in [0.25, 0.3) is 0 Å². The number of rotatable bonds is 4. The molecule has 0 amide bonds. The Labute approximate surface area is 167 Å². The number of hydrogen-bond donors (Lipinski definition) is 1. The summed E-state index contributed by atoms with van der Waals surface area (Å²) in [6.07, 6.45) is 3.64. The summed E-state index contributed by atoms with van der Waals surface area (Å²) in [5.74, 6) is 2.79. The van der Waals surface area contributed by atoms with Crippen LogP contribution in [0.5, 0.6) is 11.6 Å². The van der Waals surface area contributed by atoms with Crippen molar-refractivity contribution in [1.29, 1.82) is 0 Å². The van der Waals surface area contributed by atoms with Crippen molar-refractivity contribution in [3.8, 4) is 11.6 Å². The van der Waals surface area contributed by atoms with E-state index >= 15 is 0 Å². The molecule has 3 heterocycles. The van der Waals surface area contributed by atoms with Crippen LogP contribution in [0.1, 0.15) is 24.6 Å². The number of halogens is 1. The third-order valence-electron chi connectivity index (χ3n) is 5.23. The van der Waals surface area contributed by atoms with Gasteiger partial charge in [-0.05, 0) is 49.2 Å². The van der Waals surface area contributed by atoms with Crippen LogP contribution in [0.25, 0.3) is 11.0 Å². The van der Waals surface area contributed by atoms with E-state index in [4.69, 9.17) is 9.72 Å². The van der Waals surface area contributed by atoms with Gasteiger partial charge in [-0.2, -0.15) is 4.98 Å². The van der Waals surface area contributed by atoms with E-state index < -0.39 is 0 Å². The molecular formula is C22H20FN5O. The molecular weight excluding hydrogens is 369 g/mol. The van der Waals surface area contributed by atoms with E-state index in [1.807, 2.05) is 18.2 Å². The zero-order chi connectivity index (χ0) is 19.6. The number of ether oxygens (including phenoxy) is 1. The molecule has 2 aromatic heterocycles. The second kappa shape index (κ2) is 7.50. The van der Waals surface area contributed by atoms with E-state index in [1.54, 1.807) is 24.4 Å². The number of nitrogens with zero attached hydrogens (tertiary/aromatic N) is 4. The van der Waals surface area contributed by atoms with Crippen molar-refractivity contribution in [1.82, 2.24) is 19.9 Å². The first-order valence-corrected chi connectivity index (χ1v) is 9.71. The molecule has 4 aromatic rings. The minimum atomic E-state index is -0.298. The van der Waals surface area contributed by atoms with E-state index in [0.29, 0.717) is 23.5 Å². The molecule has 2 aromatic carbocycles. The number of H-pyrrole nitrogens is 1. The fourth-order valence-corrected chi connectivity index (χ4v) is 3.68. The summed E-state index contributed by atoms with van der Waals surface area (Å²) >= 11 is 0. The maximum Gasteiger partial charge on any atom is 0.228 e. The molecule has 0 spiro atoms. The second-order valence-corrected chi connectivity index (χ2v) is 7.15. The van der Waals surface area contributed by atoms with Crippen molar-refractivity contribution in [3.63, 3.8) is 0 Å². The summed E-state index contributed by atoms with van der Waals surface area (Å²) in [7, 11) is 0. The Hall–Kier alpha value is -3.48. The average molecular weight is 389 g/mol. The SMILES string of the molecule is Fc1ccc(Oc2ccnc(N3CCC(c4nc5ccccc5[nH]4)CC3)n2)cc1. The molecule has 1 saturated heterocycles. The van der Waals surface area contributed by atoms with Gasteiger partial charge in [0.05, 0.1) is 11.0 Å². The number of nitrogens with one attached hydrogen (secondary N) is 1. The van der Waals surface area contributed by atoms with Gasteiger partial charge < -0.3 is 14.6 Å².